The summed E-state index contributed by atoms with van der Waals surface area (Å²) in [6, 6.07) is -0.787. The predicted octanol–water partition coefficient (Wildman–Crippen LogP) is 3.35. The molecule has 0 unspecified atom stereocenters. The molecule has 1 saturated heterocycles. The van der Waals surface area contributed by atoms with Crippen LogP contribution in [0.3, 0.4) is 0 Å². The van der Waals surface area contributed by atoms with E-state index in [2.05, 4.69) is 25.0 Å². The third-order valence-corrected chi connectivity index (χ3v) is 6.83. The number of carbonyl (C=O) groups excluding carboxylic acids is 1. The van der Waals surface area contributed by atoms with Crippen LogP contribution in [0.5, 0.6) is 0 Å². The molecular weight excluding hydrogens is 587 g/mol. The summed E-state index contributed by atoms with van der Waals surface area (Å²) in [6.07, 6.45) is -12.5. The number of alkyl halides is 9. The lowest BCUT2D eigenvalue weighted by atomic mass is 10.1. The fourth-order valence-corrected chi connectivity index (χ4v) is 4.92. The van der Waals surface area contributed by atoms with Gasteiger partial charge < -0.3 is 14.9 Å². The van der Waals surface area contributed by atoms with Crippen LogP contribution in [0.25, 0.3) is 11.3 Å². The minimum atomic E-state index is -4.88. The van der Waals surface area contributed by atoms with Crippen molar-refractivity contribution in [3.63, 3.8) is 0 Å². The average molecular weight is 604 g/mol. The molecule has 3 aromatic heterocycles. The van der Waals surface area contributed by atoms with Gasteiger partial charge in [0.05, 0.1) is 6.04 Å². The number of hydrogen-bond acceptors (Lipinski definition) is 9. The third kappa shape index (κ3) is 6.43. The summed E-state index contributed by atoms with van der Waals surface area (Å²) in [5.41, 5.74) is -0.533. The number of aromatic nitrogens is 6. The topological polar surface area (TPSA) is 113 Å². The standard InChI is InChI=1S/C20H17F9N8O2S/c21-18(22,23)15-30-5-10(6-31-15)13-14(40-17(33-13)20(27,28)29)35-2-3-37(11(7-35)1-4-38)12(39)8-36-9-32-16(34-36)19(24,25)26/h5-6,9,11,38H,1-4,7-8H2/t11-/m1/s1. The van der Waals surface area contributed by atoms with Gasteiger partial charge in [-0.2, -0.15) is 39.5 Å². The number of halogens is 9. The zero-order valence-electron chi connectivity index (χ0n) is 19.8. The number of nitrogens with zero attached hydrogens (tertiary/aromatic N) is 8. The van der Waals surface area contributed by atoms with E-state index in [1.165, 1.54) is 9.80 Å². The van der Waals surface area contributed by atoms with E-state index in [0.717, 1.165) is 6.33 Å². The molecule has 4 heterocycles. The van der Waals surface area contributed by atoms with Crippen LogP contribution in [0.15, 0.2) is 18.7 Å². The van der Waals surface area contributed by atoms with Crippen LogP contribution in [0, 0.1) is 0 Å². The summed E-state index contributed by atoms with van der Waals surface area (Å²) in [5, 5.41) is 11.4. The molecule has 1 atom stereocenters. The largest absolute Gasteiger partial charge is 0.453 e. The fraction of sp³-hybridized carbons (Fsp3) is 0.500. The Morgan fingerprint density at radius 2 is 1.60 bits per heavy atom. The smallest absolute Gasteiger partial charge is 0.396 e. The third-order valence-electron chi connectivity index (χ3n) is 5.67. The van der Waals surface area contributed by atoms with Crippen molar-refractivity contribution >= 4 is 22.2 Å². The zero-order chi connectivity index (χ0) is 29.5. The summed E-state index contributed by atoms with van der Waals surface area (Å²) in [6.45, 7) is -1.33. The van der Waals surface area contributed by atoms with E-state index in [4.69, 9.17) is 0 Å². The maximum absolute atomic E-state index is 13.5. The second-order valence-electron chi connectivity index (χ2n) is 8.43. The van der Waals surface area contributed by atoms with Crippen molar-refractivity contribution in [2.24, 2.45) is 0 Å². The Morgan fingerprint density at radius 1 is 0.950 bits per heavy atom. The summed E-state index contributed by atoms with van der Waals surface area (Å²) in [7, 11) is 0. The van der Waals surface area contributed by atoms with Crippen LogP contribution in [-0.2, 0) is 29.9 Å². The number of piperazine rings is 1. The number of thiazole rings is 1. The minimum Gasteiger partial charge on any atom is -0.396 e. The van der Waals surface area contributed by atoms with Crippen molar-refractivity contribution in [1.29, 1.82) is 0 Å². The number of carbonyl (C=O) groups is 1. The van der Waals surface area contributed by atoms with Crippen LogP contribution in [0.4, 0.5) is 44.5 Å². The molecule has 1 N–H and O–H groups in total. The molecule has 1 fully saturated rings. The fourth-order valence-electron chi connectivity index (χ4n) is 3.93. The molecule has 1 aliphatic rings. The number of hydrogen-bond donors (Lipinski definition) is 1. The van der Waals surface area contributed by atoms with Crippen LogP contribution in [0.2, 0.25) is 0 Å². The first-order chi connectivity index (χ1) is 18.6. The van der Waals surface area contributed by atoms with Gasteiger partial charge in [-0.1, -0.05) is 11.3 Å². The second kappa shape index (κ2) is 10.8. The van der Waals surface area contributed by atoms with Crippen molar-refractivity contribution in [1.82, 2.24) is 34.6 Å². The van der Waals surface area contributed by atoms with E-state index in [1.807, 2.05) is 0 Å². The summed E-state index contributed by atoms with van der Waals surface area (Å²) < 4.78 is 118. The lowest BCUT2D eigenvalue weighted by Crippen LogP contribution is -2.56. The molecule has 0 aromatic carbocycles. The Morgan fingerprint density at radius 3 is 2.15 bits per heavy atom. The average Bonchev–Trinajstić information content (AvgIpc) is 3.51. The lowest BCUT2D eigenvalue weighted by molar-refractivity contribution is -0.145. The molecule has 0 aliphatic carbocycles. The van der Waals surface area contributed by atoms with Gasteiger partial charge in [0.2, 0.25) is 16.7 Å². The van der Waals surface area contributed by atoms with Crippen LogP contribution >= 0.6 is 11.3 Å². The first kappa shape index (κ1) is 29.4. The molecule has 40 heavy (non-hydrogen) atoms. The van der Waals surface area contributed by atoms with Gasteiger partial charge in [0.15, 0.2) is 0 Å². The van der Waals surface area contributed by atoms with E-state index in [0.29, 0.717) is 17.1 Å². The molecule has 10 nitrogen and oxygen atoms in total. The molecule has 0 radical (unpaired) electrons. The van der Waals surface area contributed by atoms with Gasteiger partial charge in [-0.05, 0) is 6.42 Å². The van der Waals surface area contributed by atoms with Crippen LogP contribution in [-0.4, -0.2) is 77.9 Å². The molecule has 0 spiro atoms. The molecule has 3 aromatic rings. The highest BCUT2D eigenvalue weighted by molar-refractivity contribution is 7.16. The van der Waals surface area contributed by atoms with Crippen LogP contribution in [0.1, 0.15) is 23.1 Å². The molecule has 0 bridgehead atoms. The van der Waals surface area contributed by atoms with E-state index in [9.17, 15) is 49.4 Å². The number of rotatable bonds is 6. The summed E-state index contributed by atoms with van der Waals surface area (Å²) >= 11 is 0.232. The molecule has 1 amide bonds. The van der Waals surface area contributed by atoms with Crippen molar-refractivity contribution in [2.45, 2.75) is 37.5 Å². The monoisotopic (exact) mass is 604 g/mol. The molecule has 0 saturated carbocycles. The number of amides is 1. The lowest BCUT2D eigenvalue weighted by Gasteiger charge is -2.42. The maximum atomic E-state index is 13.5. The van der Waals surface area contributed by atoms with Crippen molar-refractivity contribution in [3.8, 4) is 11.3 Å². The van der Waals surface area contributed by atoms with Crippen LogP contribution < -0.4 is 4.90 Å². The first-order valence-corrected chi connectivity index (χ1v) is 12.0. The van der Waals surface area contributed by atoms with Gasteiger partial charge in [-0.15, -0.1) is 5.10 Å². The first-order valence-electron chi connectivity index (χ1n) is 11.2. The zero-order valence-corrected chi connectivity index (χ0v) is 20.6. The Balaban J connectivity index is 1.59. The SMILES string of the molecule is O=C(Cn1cnc(C(F)(F)F)n1)N1CCN(c2sc(C(F)(F)F)nc2-c2cnc(C(F)(F)F)nc2)C[C@H]1CCO. The Hall–Kier alpha value is -3.55. The predicted molar refractivity (Wildman–Crippen MR) is 118 cm³/mol. The molecule has 4 rings (SSSR count). The van der Waals surface area contributed by atoms with Gasteiger partial charge in [0.25, 0.3) is 5.82 Å². The minimum absolute atomic E-state index is 0.0307. The van der Waals surface area contributed by atoms with Gasteiger partial charge in [0, 0.05) is 44.2 Å². The Labute approximate surface area is 222 Å². The number of aliphatic hydroxyl groups is 1. The quantitative estimate of drug-likeness (QED) is 0.427. The van der Waals surface area contributed by atoms with Crippen molar-refractivity contribution in [2.75, 3.05) is 31.1 Å². The highest BCUT2D eigenvalue weighted by atomic mass is 32.1. The summed E-state index contributed by atoms with van der Waals surface area (Å²) in [4.78, 5) is 28.6. The van der Waals surface area contributed by atoms with E-state index in [-0.39, 0.29) is 53.7 Å². The van der Waals surface area contributed by atoms with E-state index in [1.54, 1.807) is 0 Å². The van der Waals surface area contributed by atoms with Crippen molar-refractivity contribution < 1.29 is 49.4 Å². The van der Waals surface area contributed by atoms with Gasteiger partial charge in [-0.3, -0.25) is 4.79 Å². The second-order valence-corrected chi connectivity index (χ2v) is 9.40. The molecule has 20 heteroatoms. The highest BCUT2D eigenvalue weighted by Crippen LogP contribution is 2.43. The maximum Gasteiger partial charge on any atom is 0.453 e. The Kier molecular flexibility index (Phi) is 7.94. The normalized spacial score (nSPS) is 17.0. The van der Waals surface area contributed by atoms with Crippen molar-refractivity contribution in [3.05, 3.63) is 35.4 Å². The number of anilines is 1. The van der Waals surface area contributed by atoms with E-state index >= 15 is 0 Å². The molecular formula is C20H17F9N8O2S. The van der Waals surface area contributed by atoms with Gasteiger partial charge in [-0.25, -0.2) is 24.6 Å². The van der Waals surface area contributed by atoms with Gasteiger partial charge in [0.1, 0.15) is 23.6 Å². The Bertz CT molecular complexity index is 1340. The molecule has 218 valence electrons. The molecule has 1 aliphatic heterocycles. The van der Waals surface area contributed by atoms with Gasteiger partial charge >= 0.3 is 18.5 Å². The summed E-state index contributed by atoms with van der Waals surface area (Å²) in [5.74, 6) is -3.61. The number of aliphatic hydroxyl groups excluding tert-OH is 1. The highest BCUT2D eigenvalue weighted by Gasteiger charge is 2.40. The van der Waals surface area contributed by atoms with E-state index < -0.39 is 60.3 Å².